The Labute approximate surface area is 102 Å². The van der Waals surface area contributed by atoms with Crippen LogP contribution in [0.15, 0.2) is 23.5 Å². The minimum atomic E-state index is -0.215. The van der Waals surface area contributed by atoms with Gasteiger partial charge in [0.05, 0.1) is 12.1 Å². The van der Waals surface area contributed by atoms with Crippen molar-refractivity contribution in [2.75, 3.05) is 19.6 Å². The van der Waals surface area contributed by atoms with E-state index in [9.17, 15) is 4.79 Å². The quantitative estimate of drug-likeness (QED) is 0.702. The minimum Gasteiger partial charge on any atom is -0.383 e. The maximum Gasteiger partial charge on any atom is 0.247 e. The fraction of sp³-hybridized carbons (Fsp3) is 0.615. The minimum absolute atomic E-state index is 0.215. The lowest BCUT2D eigenvalue weighted by Crippen LogP contribution is -2.46. The molecule has 92 valence electrons. The van der Waals surface area contributed by atoms with Crippen molar-refractivity contribution in [1.82, 2.24) is 15.5 Å². The first-order chi connectivity index (χ1) is 8.21. The number of carbonyl (C=O) groups excluding carboxylic acids is 1. The second kappa shape index (κ2) is 3.88. The van der Waals surface area contributed by atoms with Crippen molar-refractivity contribution in [2.45, 2.75) is 31.7 Å². The molecular formula is C13H19N3O. The van der Waals surface area contributed by atoms with E-state index in [0.29, 0.717) is 0 Å². The van der Waals surface area contributed by atoms with Crippen molar-refractivity contribution in [2.24, 2.45) is 0 Å². The Kier molecular flexibility index (Phi) is 2.47. The van der Waals surface area contributed by atoms with Gasteiger partial charge in [-0.15, -0.1) is 0 Å². The van der Waals surface area contributed by atoms with Crippen LogP contribution >= 0.6 is 0 Å². The highest BCUT2D eigenvalue weighted by molar-refractivity contribution is 5.91. The van der Waals surface area contributed by atoms with E-state index in [1.54, 1.807) is 0 Å². The number of carbonyl (C=O) groups is 1. The average Bonchev–Trinajstić information content (AvgIpc) is 3.12. The Morgan fingerprint density at radius 3 is 2.82 bits per heavy atom. The van der Waals surface area contributed by atoms with E-state index in [0.717, 1.165) is 50.3 Å². The summed E-state index contributed by atoms with van der Waals surface area (Å²) in [6.45, 7) is 4.61. The van der Waals surface area contributed by atoms with Crippen LogP contribution in [-0.4, -0.2) is 36.0 Å². The number of nitrogens with one attached hydrogen (secondary N) is 2. The van der Waals surface area contributed by atoms with E-state index in [4.69, 9.17) is 0 Å². The molecule has 2 N–H and O–H groups in total. The first-order valence-electron chi connectivity index (χ1n) is 6.40. The zero-order chi connectivity index (χ0) is 11.9. The number of nitrogens with zero attached hydrogens (tertiary/aromatic N) is 1. The third kappa shape index (κ3) is 1.86. The molecule has 0 aromatic rings. The van der Waals surface area contributed by atoms with Crippen molar-refractivity contribution in [1.29, 1.82) is 0 Å². The second-order valence-corrected chi connectivity index (χ2v) is 5.18. The van der Waals surface area contributed by atoms with Crippen LogP contribution in [0.4, 0.5) is 0 Å². The van der Waals surface area contributed by atoms with Crippen LogP contribution in [0.2, 0.25) is 0 Å². The number of amides is 1. The van der Waals surface area contributed by atoms with Crippen LogP contribution in [-0.2, 0) is 4.79 Å². The fourth-order valence-corrected chi connectivity index (χ4v) is 2.54. The maximum atomic E-state index is 12.5. The molecule has 0 aromatic heterocycles. The normalized spacial score (nSPS) is 27.1. The first kappa shape index (κ1) is 10.8. The molecule has 1 saturated carbocycles. The van der Waals surface area contributed by atoms with Crippen LogP contribution in [0, 0.1) is 0 Å². The molecule has 2 heterocycles. The van der Waals surface area contributed by atoms with Crippen LogP contribution < -0.4 is 10.6 Å². The van der Waals surface area contributed by atoms with Crippen molar-refractivity contribution >= 4 is 5.91 Å². The summed E-state index contributed by atoms with van der Waals surface area (Å²) in [5.41, 5.74) is 2.05. The smallest absolute Gasteiger partial charge is 0.247 e. The summed E-state index contributed by atoms with van der Waals surface area (Å²) < 4.78 is 0. The lowest BCUT2D eigenvalue weighted by molar-refractivity contribution is -0.131. The summed E-state index contributed by atoms with van der Waals surface area (Å²) in [6.07, 6.45) is 7.15. The van der Waals surface area contributed by atoms with Crippen molar-refractivity contribution < 1.29 is 4.79 Å². The zero-order valence-electron chi connectivity index (χ0n) is 10.3. The molecule has 1 saturated heterocycles. The molecule has 3 aliphatic rings. The molecule has 4 heteroatoms. The second-order valence-electron chi connectivity index (χ2n) is 5.18. The lowest BCUT2D eigenvalue weighted by Gasteiger charge is -2.28. The predicted octanol–water partition coefficient (Wildman–Crippen LogP) is 0.732. The maximum absolute atomic E-state index is 12.5. The highest BCUT2D eigenvalue weighted by atomic mass is 16.2. The molecule has 0 aromatic carbocycles. The predicted molar refractivity (Wildman–Crippen MR) is 66.1 cm³/mol. The van der Waals surface area contributed by atoms with E-state index in [-0.39, 0.29) is 11.4 Å². The van der Waals surface area contributed by atoms with Gasteiger partial charge >= 0.3 is 0 Å². The monoisotopic (exact) mass is 233 g/mol. The number of hydrogen-bond acceptors (Lipinski definition) is 3. The largest absolute Gasteiger partial charge is 0.383 e. The van der Waals surface area contributed by atoms with Crippen molar-refractivity contribution in [3.8, 4) is 0 Å². The van der Waals surface area contributed by atoms with Crippen molar-refractivity contribution in [3.05, 3.63) is 23.5 Å². The summed E-state index contributed by atoms with van der Waals surface area (Å²) in [6, 6.07) is 0. The Hall–Kier alpha value is -1.29. The van der Waals surface area contributed by atoms with Gasteiger partial charge < -0.3 is 15.5 Å². The molecule has 0 radical (unpaired) electrons. The van der Waals surface area contributed by atoms with Gasteiger partial charge in [-0.2, -0.15) is 0 Å². The Balaban J connectivity index is 1.84. The molecule has 2 fully saturated rings. The zero-order valence-corrected chi connectivity index (χ0v) is 10.3. The molecule has 1 spiro atoms. The van der Waals surface area contributed by atoms with E-state index in [1.807, 2.05) is 17.9 Å². The molecule has 17 heavy (non-hydrogen) atoms. The van der Waals surface area contributed by atoms with Crippen molar-refractivity contribution in [3.63, 3.8) is 0 Å². The average molecular weight is 233 g/mol. The number of rotatable bonds is 1. The van der Waals surface area contributed by atoms with Gasteiger partial charge in [-0.05, 0) is 44.9 Å². The third-order valence-electron chi connectivity index (χ3n) is 3.85. The molecule has 4 nitrogen and oxygen atoms in total. The lowest BCUT2D eigenvalue weighted by atomic mass is 10.2. The molecular weight excluding hydrogens is 214 g/mol. The molecule has 0 bridgehead atoms. The molecule has 1 amide bonds. The molecule has 3 rings (SSSR count). The van der Waals surface area contributed by atoms with Gasteiger partial charge in [0.15, 0.2) is 0 Å². The van der Waals surface area contributed by atoms with Gasteiger partial charge in [0.25, 0.3) is 0 Å². The van der Waals surface area contributed by atoms with Gasteiger partial charge in [0.2, 0.25) is 5.91 Å². The Bertz CT molecular complexity index is 407. The molecule has 0 atom stereocenters. The standard InChI is InChI=1S/C13H19N3O/c1-10-3-4-11(9-14-10)16-8-2-7-15-13(5-6-13)12(16)17/h3-4,14-15H,2,5-9H2,1H3. The topological polar surface area (TPSA) is 44.4 Å². The van der Waals surface area contributed by atoms with Gasteiger partial charge in [-0.25, -0.2) is 0 Å². The number of dihydropyridines is 1. The Morgan fingerprint density at radius 2 is 2.18 bits per heavy atom. The fourth-order valence-electron chi connectivity index (χ4n) is 2.54. The highest BCUT2D eigenvalue weighted by Gasteiger charge is 2.52. The van der Waals surface area contributed by atoms with Crippen LogP contribution in [0.25, 0.3) is 0 Å². The Morgan fingerprint density at radius 1 is 1.35 bits per heavy atom. The highest BCUT2D eigenvalue weighted by Crippen LogP contribution is 2.39. The third-order valence-corrected chi connectivity index (χ3v) is 3.85. The van der Waals surface area contributed by atoms with Crippen LogP contribution in [0.5, 0.6) is 0 Å². The van der Waals surface area contributed by atoms with Gasteiger partial charge in [0, 0.05) is 17.9 Å². The van der Waals surface area contributed by atoms with Gasteiger partial charge in [0.1, 0.15) is 0 Å². The van der Waals surface area contributed by atoms with Crippen LogP contribution in [0.3, 0.4) is 0 Å². The summed E-state index contributed by atoms with van der Waals surface area (Å²) in [7, 11) is 0. The molecule has 1 aliphatic carbocycles. The summed E-state index contributed by atoms with van der Waals surface area (Å²) in [4.78, 5) is 14.5. The summed E-state index contributed by atoms with van der Waals surface area (Å²) >= 11 is 0. The molecule has 2 aliphatic heterocycles. The van der Waals surface area contributed by atoms with Gasteiger partial charge in [-0.3, -0.25) is 4.79 Å². The van der Waals surface area contributed by atoms with E-state index < -0.39 is 0 Å². The number of allylic oxidation sites excluding steroid dienone is 3. The summed E-state index contributed by atoms with van der Waals surface area (Å²) in [5, 5.41) is 6.70. The van der Waals surface area contributed by atoms with E-state index in [2.05, 4.69) is 16.7 Å². The number of hydrogen-bond donors (Lipinski definition) is 2. The van der Waals surface area contributed by atoms with E-state index in [1.165, 1.54) is 0 Å². The first-order valence-corrected chi connectivity index (χ1v) is 6.40. The molecule has 0 unspecified atom stereocenters. The van der Waals surface area contributed by atoms with E-state index >= 15 is 0 Å². The summed E-state index contributed by atoms with van der Waals surface area (Å²) in [5.74, 6) is 0.274. The van der Waals surface area contributed by atoms with Gasteiger partial charge in [-0.1, -0.05) is 0 Å². The van der Waals surface area contributed by atoms with Crippen LogP contribution in [0.1, 0.15) is 26.2 Å². The SMILES string of the molecule is CC1=CC=C(N2CCCNC3(CC3)C2=O)CN1.